The minimum Gasteiger partial charge on any atom is -0.392 e. The van der Waals surface area contributed by atoms with Crippen molar-refractivity contribution in [2.45, 2.75) is 109 Å². The van der Waals surface area contributed by atoms with Crippen molar-refractivity contribution >= 4 is 7.52 Å². The fourth-order valence-electron chi connectivity index (χ4n) is 4.41. The minimum absolute atomic E-state index is 0.239. The third kappa shape index (κ3) is 3.49. The van der Waals surface area contributed by atoms with Crippen LogP contribution in [0.15, 0.2) is 0 Å². The number of hydrogen-bond donors (Lipinski definition) is 1. The van der Waals surface area contributed by atoms with E-state index in [-0.39, 0.29) is 11.5 Å². The van der Waals surface area contributed by atoms with Gasteiger partial charge in [0.05, 0.1) is 16.9 Å². The molecule has 1 aliphatic heterocycles. The number of hydrogen-bond acceptors (Lipinski definition) is 3. The summed E-state index contributed by atoms with van der Waals surface area (Å²) in [5, 5.41) is 10.6. The topological polar surface area (TPSA) is 49.8 Å². The van der Waals surface area contributed by atoms with Gasteiger partial charge in [-0.15, -0.1) is 0 Å². The van der Waals surface area contributed by atoms with Crippen molar-refractivity contribution in [3.8, 4) is 0 Å². The lowest BCUT2D eigenvalue weighted by atomic mass is 9.80. The highest BCUT2D eigenvalue weighted by atomic mass is 31.2. The van der Waals surface area contributed by atoms with Gasteiger partial charge in [-0.2, -0.15) is 0 Å². The Balaban J connectivity index is 2.43. The summed E-state index contributed by atoms with van der Waals surface area (Å²) >= 11 is 0. The minimum atomic E-state index is -3.18. The van der Waals surface area contributed by atoms with Crippen LogP contribution in [0, 0.1) is 5.92 Å². The average Bonchev–Trinajstić information content (AvgIpc) is 2.77. The maximum Gasteiger partial charge on any atom is 0.281 e. The maximum absolute atomic E-state index is 14.3. The quantitative estimate of drug-likeness (QED) is 0.701. The summed E-state index contributed by atoms with van der Waals surface area (Å²) in [7, 11) is -3.18. The molecule has 2 fully saturated rings. The SMILES string of the molecule is CC[C@@](C)([C@@H](O)C1CCCCC1)[P@@]1(=O)OC(C)(C)CN1C(C)(C)C. The van der Waals surface area contributed by atoms with Gasteiger partial charge >= 0.3 is 0 Å². The Morgan fingerprint density at radius 3 is 2.21 bits per heavy atom. The van der Waals surface area contributed by atoms with Crippen molar-refractivity contribution in [2.75, 3.05) is 6.54 Å². The van der Waals surface area contributed by atoms with E-state index in [2.05, 4.69) is 25.4 Å². The number of aliphatic hydroxyl groups is 1. The standard InChI is InChI=1S/C19H38NO3P/c1-8-19(7,16(21)15-12-10-9-11-13-15)24(22)20(17(2,3)4)14-18(5,6)23-24/h15-16,21H,8-14H2,1-7H3/t16-,19-,24+/m0/s1. The molecule has 0 amide bonds. The van der Waals surface area contributed by atoms with Gasteiger partial charge in [0.15, 0.2) is 0 Å². The first kappa shape index (κ1) is 20.4. The molecule has 1 N–H and O–H groups in total. The molecular weight excluding hydrogens is 321 g/mol. The largest absolute Gasteiger partial charge is 0.392 e. The molecule has 0 aromatic heterocycles. The molecule has 1 aliphatic carbocycles. The van der Waals surface area contributed by atoms with Crippen LogP contribution >= 0.6 is 7.52 Å². The molecule has 5 heteroatoms. The van der Waals surface area contributed by atoms with E-state index in [4.69, 9.17) is 4.52 Å². The Hall–Kier alpha value is 0.110. The van der Waals surface area contributed by atoms with E-state index in [9.17, 15) is 9.67 Å². The summed E-state index contributed by atoms with van der Waals surface area (Å²) < 4.78 is 22.6. The van der Waals surface area contributed by atoms with Gasteiger partial charge in [0.25, 0.3) is 7.52 Å². The van der Waals surface area contributed by atoms with Crippen molar-refractivity contribution in [3.63, 3.8) is 0 Å². The van der Waals surface area contributed by atoms with Gasteiger partial charge < -0.3 is 9.63 Å². The summed E-state index contributed by atoms with van der Waals surface area (Å²) in [5.41, 5.74) is -0.711. The summed E-state index contributed by atoms with van der Waals surface area (Å²) in [6.45, 7) is 15.0. The van der Waals surface area contributed by atoms with Gasteiger partial charge in [-0.1, -0.05) is 26.2 Å². The molecule has 2 rings (SSSR count). The number of rotatable bonds is 4. The van der Waals surface area contributed by atoms with Gasteiger partial charge in [0.2, 0.25) is 0 Å². The maximum atomic E-state index is 14.3. The van der Waals surface area contributed by atoms with Crippen molar-refractivity contribution in [1.82, 2.24) is 4.67 Å². The van der Waals surface area contributed by atoms with Crippen LogP contribution in [0.3, 0.4) is 0 Å². The average molecular weight is 359 g/mol. The van der Waals surface area contributed by atoms with Crippen LogP contribution in [0.5, 0.6) is 0 Å². The molecule has 0 aromatic carbocycles. The molecule has 4 nitrogen and oxygen atoms in total. The van der Waals surface area contributed by atoms with Gasteiger partial charge in [0.1, 0.15) is 0 Å². The number of aliphatic hydroxyl groups excluding tert-OH is 1. The van der Waals surface area contributed by atoms with Crippen LogP contribution in [-0.2, 0) is 9.09 Å². The lowest BCUT2D eigenvalue weighted by Gasteiger charge is -2.47. The normalized spacial score (nSPS) is 33.3. The molecule has 1 heterocycles. The van der Waals surface area contributed by atoms with Crippen LogP contribution in [-0.4, -0.2) is 38.7 Å². The second-order valence-electron chi connectivity index (χ2n) is 9.65. The smallest absolute Gasteiger partial charge is 0.281 e. The van der Waals surface area contributed by atoms with Crippen LogP contribution in [0.2, 0.25) is 0 Å². The molecule has 0 bridgehead atoms. The molecule has 0 spiro atoms. The third-order valence-electron chi connectivity index (χ3n) is 6.09. The molecule has 24 heavy (non-hydrogen) atoms. The molecule has 3 atom stereocenters. The van der Waals surface area contributed by atoms with Crippen molar-refractivity contribution in [3.05, 3.63) is 0 Å². The molecule has 0 radical (unpaired) electrons. The predicted octanol–water partition coefficient (Wildman–Crippen LogP) is 5.20. The van der Waals surface area contributed by atoms with Crippen molar-refractivity contribution in [2.24, 2.45) is 5.92 Å². The van der Waals surface area contributed by atoms with E-state index >= 15 is 0 Å². The zero-order valence-electron chi connectivity index (χ0n) is 16.8. The summed E-state index contributed by atoms with van der Waals surface area (Å²) in [5.74, 6) is 0.239. The Morgan fingerprint density at radius 2 is 1.75 bits per heavy atom. The number of nitrogens with zero attached hydrogens (tertiary/aromatic N) is 1. The van der Waals surface area contributed by atoms with Gasteiger partial charge in [0, 0.05) is 12.1 Å². The fraction of sp³-hybridized carbons (Fsp3) is 1.00. The summed E-state index contributed by atoms with van der Waals surface area (Å²) in [6.07, 6.45) is 5.74. The lowest BCUT2D eigenvalue weighted by Crippen LogP contribution is -2.50. The molecule has 142 valence electrons. The molecule has 0 unspecified atom stereocenters. The van der Waals surface area contributed by atoms with Crippen LogP contribution in [0.25, 0.3) is 0 Å². The highest BCUT2D eigenvalue weighted by Crippen LogP contribution is 2.72. The Labute approximate surface area is 148 Å². The monoisotopic (exact) mass is 359 g/mol. The zero-order valence-corrected chi connectivity index (χ0v) is 17.7. The molecule has 1 saturated carbocycles. The Kier molecular flexibility index (Phi) is 5.69. The summed E-state index contributed by atoms with van der Waals surface area (Å²) in [6, 6.07) is 0. The van der Waals surface area contributed by atoms with Gasteiger partial charge in [-0.05, 0) is 66.7 Å². The van der Waals surface area contributed by atoms with Crippen LogP contribution in [0.4, 0.5) is 0 Å². The first-order valence-corrected chi connectivity index (χ1v) is 11.2. The van der Waals surface area contributed by atoms with Gasteiger partial charge in [-0.3, -0.25) is 4.57 Å². The van der Waals surface area contributed by atoms with Gasteiger partial charge in [-0.25, -0.2) is 4.67 Å². The highest BCUT2D eigenvalue weighted by molar-refractivity contribution is 7.58. The molecule has 1 saturated heterocycles. The highest BCUT2D eigenvalue weighted by Gasteiger charge is 2.62. The second kappa shape index (κ2) is 6.68. The first-order chi connectivity index (χ1) is 10.9. The third-order valence-corrected chi connectivity index (χ3v) is 10.1. The Bertz CT molecular complexity index is 493. The van der Waals surface area contributed by atoms with E-state index in [0.29, 0.717) is 13.0 Å². The predicted molar refractivity (Wildman–Crippen MR) is 101 cm³/mol. The molecular formula is C19H38NO3P. The lowest BCUT2D eigenvalue weighted by molar-refractivity contribution is 0.0379. The molecule has 0 aromatic rings. The second-order valence-corrected chi connectivity index (χ2v) is 12.4. The zero-order chi connectivity index (χ0) is 18.4. The van der Waals surface area contributed by atoms with E-state index in [0.717, 1.165) is 12.8 Å². The van der Waals surface area contributed by atoms with E-state index < -0.39 is 24.4 Å². The molecule has 2 aliphatic rings. The van der Waals surface area contributed by atoms with E-state index in [1.165, 1.54) is 19.3 Å². The summed E-state index contributed by atoms with van der Waals surface area (Å²) in [4.78, 5) is 0. The first-order valence-electron chi connectivity index (χ1n) is 9.64. The fourth-order valence-corrected chi connectivity index (χ4v) is 8.26. The van der Waals surface area contributed by atoms with E-state index in [1.54, 1.807) is 0 Å². The van der Waals surface area contributed by atoms with E-state index in [1.807, 2.05) is 27.7 Å². The van der Waals surface area contributed by atoms with Crippen LogP contribution < -0.4 is 0 Å². The van der Waals surface area contributed by atoms with Crippen molar-refractivity contribution in [1.29, 1.82) is 0 Å². The van der Waals surface area contributed by atoms with Crippen molar-refractivity contribution < 1.29 is 14.2 Å². The van der Waals surface area contributed by atoms with Crippen LogP contribution in [0.1, 0.15) is 87.0 Å². The Morgan fingerprint density at radius 1 is 1.21 bits per heavy atom.